The normalized spacial score (nSPS) is 11.1. The van der Waals surface area contributed by atoms with Crippen molar-refractivity contribution in [2.75, 3.05) is 0 Å². The van der Waals surface area contributed by atoms with E-state index in [0.717, 1.165) is 0 Å². The molecular formula is C13H7ClF2N2S. The van der Waals surface area contributed by atoms with Gasteiger partial charge in [0.15, 0.2) is 4.77 Å². The number of benzene rings is 2. The molecule has 0 amide bonds. The predicted octanol–water partition coefficient (Wildman–Crippen LogP) is 4.62. The minimum absolute atomic E-state index is 0.0290. The van der Waals surface area contributed by atoms with Gasteiger partial charge in [-0.15, -0.1) is 0 Å². The Morgan fingerprint density at radius 2 is 1.89 bits per heavy atom. The molecule has 0 saturated carbocycles. The molecule has 19 heavy (non-hydrogen) atoms. The van der Waals surface area contributed by atoms with Crippen LogP contribution < -0.4 is 0 Å². The summed E-state index contributed by atoms with van der Waals surface area (Å²) in [7, 11) is 0. The average Bonchev–Trinajstić information content (AvgIpc) is 2.71. The summed E-state index contributed by atoms with van der Waals surface area (Å²) in [6, 6.07) is 8.93. The Morgan fingerprint density at radius 1 is 1.11 bits per heavy atom. The van der Waals surface area contributed by atoms with Gasteiger partial charge in [0.25, 0.3) is 0 Å². The highest BCUT2D eigenvalue weighted by Crippen LogP contribution is 2.24. The first-order chi connectivity index (χ1) is 9.08. The molecule has 0 radical (unpaired) electrons. The lowest BCUT2D eigenvalue weighted by molar-refractivity contribution is 0.627. The molecule has 3 aromatic rings. The van der Waals surface area contributed by atoms with Gasteiger partial charge in [-0.25, -0.2) is 8.78 Å². The van der Waals surface area contributed by atoms with E-state index in [4.69, 9.17) is 23.8 Å². The molecule has 0 aliphatic carbocycles. The molecule has 2 nitrogen and oxygen atoms in total. The first kappa shape index (κ1) is 12.3. The van der Waals surface area contributed by atoms with Crippen molar-refractivity contribution >= 4 is 34.9 Å². The molecule has 6 heteroatoms. The Balaban J connectivity index is 2.36. The molecule has 96 valence electrons. The highest BCUT2D eigenvalue weighted by molar-refractivity contribution is 7.71. The topological polar surface area (TPSA) is 20.7 Å². The highest BCUT2D eigenvalue weighted by Gasteiger charge is 2.11. The Labute approximate surface area is 117 Å². The zero-order chi connectivity index (χ0) is 13.6. The van der Waals surface area contributed by atoms with E-state index >= 15 is 0 Å². The second-order valence-corrected chi connectivity index (χ2v) is 4.79. The van der Waals surface area contributed by atoms with E-state index in [0.29, 0.717) is 21.5 Å². The number of para-hydroxylation sites is 1. The Hall–Kier alpha value is -1.72. The summed E-state index contributed by atoms with van der Waals surface area (Å²) < 4.78 is 29.0. The van der Waals surface area contributed by atoms with Crippen molar-refractivity contribution in [3.8, 4) is 5.69 Å². The molecule has 0 saturated heterocycles. The Kier molecular flexibility index (Phi) is 2.88. The molecule has 0 spiro atoms. The zero-order valence-corrected chi connectivity index (χ0v) is 11.0. The Bertz CT molecular complexity index is 838. The average molecular weight is 297 g/mol. The monoisotopic (exact) mass is 296 g/mol. The highest BCUT2D eigenvalue weighted by atomic mass is 35.5. The number of nitrogens with one attached hydrogen (secondary N) is 1. The fourth-order valence-corrected chi connectivity index (χ4v) is 2.40. The van der Waals surface area contributed by atoms with E-state index < -0.39 is 11.6 Å². The number of aromatic amines is 1. The van der Waals surface area contributed by atoms with Gasteiger partial charge in [0.05, 0.1) is 16.2 Å². The zero-order valence-electron chi connectivity index (χ0n) is 9.45. The van der Waals surface area contributed by atoms with Gasteiger partial charge in [0.2, 0.25) is 0 Å². The maximum Gasteiger partial charge on any atom is 0.182 e. The van der Waals surface area contributed by atoms with Gasteiger partial charge in [0, 0.05) is 0 Å². The molecule has 1 aromatic heterocycles. The third-order valence-electron chi connectivity index (χ3n) is 2.83. The van der Waals surface area contributed by atoms with E-state index in [1.807, 2.05) is 0 Å². The van der Waals surface area contributed by atoms with Crippen molar-refractivity contribution in [2.45, 2.75) is 0 Å². The molecule has 0 unspecified atom stereocenters. The number of fused-ring (bicyclic) bond motifs is 1. The quantitative estimate of drug-likeness (QED) is 0.650. The van der Waals surface area contributed by atoms with Crippen molar-refractivity contribution in [2.24, 2.45) is 0 Å². The minimum atomic E-state index is -0.549. The number of H-pyrrole nitrogens is 1. The second-order valence-electron chi connectivity index (χ2n) is 4.00. The van der Waals surface area contributed by atoms with Crippen LogP contribution in [0.2, 0.25) is 5.02 Å². The van der Waals surface area contributed by atoms with Crippen LogP contribution in [0.1, 0.15) is 0 Å². The summed E-state index contributed by atoms with van der Waals surface area (Å²) in [5.74, 6) is -0.955. The fraction of sp³-hybridized carbons (Fsp3) is 0. The molecule has 2 aromatic carbocycles. The molecule has 0 bridgehead atoms. The fourth-order valence-electron chi connectivity index (χ4n) is 1.98. The lowest BCUT2D eigenvalue weighted by Crippen LogP contribution is -1.95. The van der Waals surface area contributed by atoms with E-state index in [-0.39, 0.29) is 5.02 Å². The van der Waals surface area contributed by atoms with Crippen molar-refractivity contribution in [3.63, 3.8) is 0 Å². The van der Waals surface area contributed by atoms with Crippen LogP contribution in [0.4, 0.5) is 8.78 Å². The largest absolute Gasteiger partial charge is 0.328 e. The number of aromatic nitrogens is 2. The summed E-state index contributed by atoms with van der Waals surface area (Å²) in [6.45, 7) is 0. The van der Waals surface area contributed by atoms with Crippen LogP contribution in [0.25, 0.3) is 16.7 Å². The third kappa shape index (κ3) is 1.95. The molecule has 0 aliphatic heterocycles. The maximum absolute atomic E-state index is 13.7. The van der Waals surface area contributed by atoms with Gasteiger partial charge < -0.3 is 4.98 Å². The van der Waals surface area contributed by atoms with Crippen LogP contribution >= 0.6 is 23.8 Å². The van der Waals surface area contributed by atoms with Crippen LogP contribution in [0.5, 0.6) is 0 Å². The predicted molar refractivity (Wildman–Crippen MR) is 73.4 cm³/mol. The molecule has 0 aliphatic rings. The first-order valence-electron chi connectivity index (χ1n) is 5.42. The van der Waals surface area contributed by atoms with Crippen LogP contribution in [0, 0.1) is 16.4 Å². The van der Waals surface area contributed by atoms with Gasteiger partial charge in [-0.3, -0.25) is 4.57 Å². The van der Waals surface area contributed by atoms with E-state index in [9.17, 15) is 8.78 Å². The van der Waals surface area contributed by atoms with E-state index in [1.165, 1.54) is 18.2 Å². The summed E-state index contributed by atoms with van der Waals surface area (Å²) >= 11 is 10.8. The first-order valence-corrected chi connectivity index (χ1v) is 6.21. The number of rotatable bonds is 1. The van der Waals surface area contributed by atoms with Crippen molar-refractivity contribution in [1.29, 1.82) is 0 Å². The van der Waals surface area contributed by atoms with Gasteiger partial charge in [-0.1, -0.05) is 17.7 Å². The van der Waals surface area contributed by atoms with Gasteiger partial charge in [0.1, 0.15) is 17.2 Å². The van der Waals surface area contributed by atoms with Crippen LogP contribution in [-0.2, 0) is 0 Å². The maximum atomic E-state index is 13.7. The summed E-state index contributed by atoms with van der Waals surface area (Å²) in [6.07, 6.45) is 0. The van der Waals surface area contributed by atoms with E-state index in [2.05, 4.69) is 4.98 Å². The van der Waals surface area contributed by atoms with Crippen LogP contribution in [0.3, 0.4) is 0 Å². The molecule has 0 fully saturated rings. The van der Waals surface area contributed by atoms with Gasteiger partial charge in [-0.2, -0.15) is 0 Å². The molecule has 3 rings (SSSR count). The second kappa shape index (κ2) is 4.43. The lowest BCUT2D eigenvalue weighted by Gasteiger charge is -2.05. The van der Waals surface area contributed by atoms with Crippen molar-refractivity contribution in [1.82, 2.24) is 9.55 Å². The summed E-state index contributed by atoms with van der Waals surface area (Å²) in [5.41, 5.74) is 1.33. The van der Waals surface area contributed by atoms with Crippen molar-refractivity contribution < 1.29 is 8.78 Å². The van der Waals surface area contributed by atoms with Gasteiger partial charge in [-0.05, 0) is 42.5 Å². The molecule has 1 N–H and O–H groups in total. The number of halogens is 3. The van der Waals surface area contributed by atoms with E-state index in [1.54, 1.807) is 22.8 Å². The minimum Gasteiger partial charge on any atom is -0.328 e. The number of imidazole rings is 1. The third-order valence-corrected chi connectivity index (χ3v) is 3.42. The van der Waals surface area contributed by atoms with Gasteiger partial charge >= 0.3 is 0 Å². The number of nitrogens with zero attached hydrogens (tertiary/aromatic N) is 1. The molecule has 1 heterocycles. The number of hydrogen-bond donors (Lipinski definition) is 1. The summed E-state index contributed by atoms with van der Waals surface area (Å²) in [5, 5.41) is 0.0290. The van der Waals surface area contributed by atoms with Crippen LogP contribution in [0.15, 0.2) is 36.4 Å². The SMILES string of the molecule is Fc1cc(-n2c(=S)[nH]c3c(F)cccc32)ccc1Cl. The molecular weight excluding hydrogens is 290 g/mol. The Morgan fingerprint density at radius 3 is 2.63 bits per heavy atom. The number of hydrogen-bond acceptors (Lipinski definition) is 1. The standard InChI is InChI=1S/C13H7ClF2N2S/c14-8-5-4-7(6-10(8)16)18-11-3-1-2-9(15)12(11)17-13(18)19/h1-6H,(H,17,19). The summed E-state index contributed by atoms with van der Waals surface area (Å²) in [4.78, 5) is 2.78. The molecule has 0 atom stereocenters. The lowest BCUT2D eigenvalue weighted by atomic mass is 10.2. The van der Waals surface area contributed by atoms with Crippen molar-refractivity contribution in [3.05, 3.63) is 57.8 Å². The van der Waals surface area contributed by atoms with Crippen LogP contribution in [-0.4, -0.2) is 9.55 Å². The smallest absolute Gasteiger partial charge is 0.182 e.